The number of anilines is 1. The Kier molecular flexibility index (Phi) is 6.36. The molecule has 0 atom stereocenters. The van der Waals surface area contributed by atoms with Crippen molar-refractivity contribution in [1.29, 1.82) is 5.26 Å². The number of benzene rings is 2. The maximum absolute atomic E-state index is 12.4. The van der Waals surface area contributed by atoms with Gasteiger partial charge in [-0.2, -0.15) is 5.26 Å². The Morgan fingerprint density at radius 1 is 1.20 bits per heavy atom. The molecular formula is C21H23N3O. The summed E-state index contributed by atoms with van der Waals surface area (Å²) in [7, 11) is 0. The van der Waals surface area contributed by atoms with Crippen LogP contribution in [0.25, 0.3) is 0 Å². The third-order valence-corrected chi connectivity index (χ3v) is 3.81. The summed E-state index contributed by atoms with van der Waals surface area (Å²) in [6.07, 6.45) is 1.64. The monoisotopic (exact) mass is 333 g/mol. The number of carbonyl (C=O) groups is 1. The van der Waals surface area contributed by atoms with Crippen LogP contribution in [0.1, 0.15) is 25.0 Å². The van der Waals surface area contributed by atoms with Crippen LogP contribution in [-0.4, -0.2) is 16.8 Å². The first-order valence-corrected chi connectivity index (χ1v) is 8.29. The molecule has 0 unspecified atom stereocenters. The fourth-order valence-electron chi connectivity index (χ4n) is 2.40. The van der Waals surface area contributed by atoms with Gasteiger partial charge in [0.1, 0.15) is 11.6 Å². The summed E-state index contributed by atoms with van der Waals surface area (Å²) >= 11 is 0. The van der Waals surface area contributed by atoms with Gasteiger partial charge in [-0.3, -0.25) is 4.79 Å². The molecule has 0 radical (unpaired) electrons. The molecular weight excluding hydrogens is 310 g/mol. The lowest BCUT2D eigenvalue weighted by molar-refractivity contribution is -0.112. The molecule has 4 nitrogen and oxygen atoms in total. The smallest absolute Gasteiger partial charge is 0.267 e. The van der Waals surface area contributed by atoms with Crippen molar-refractivity contribution < 1.29 is 4.79 Å². The molecule has 2 aromatic rings. The van der Waals surface area contributed by atoms with Crippen LogP contribution in [0.5, 0.6) is 0 Å². The van der Waals surface area contributed by atoms with Gasteiger partial charge in [-0.05, 0) is 44.0 Å². The SMILES string of the molecule is Cc1cccc(NC(=O)/C(C#N)=C\N(Cc2ccccc2)C(C)C)c1. The Balaban J connectivity index is 2.17. The zero-order valence-electron chi connectivity index (χ0n) is 14.9. The minimum absolute atomic E-state index is 0.0890. The predicted molar refractivity (Wildman–Crippen MR) is 101 cm³/mol. The molecule has 2 aromatic carbocycles. The van der Waals surface area contributed by atoms with E-state index < -0.39 is 5.91 Å². The number of nitrogens with zero attached hydrogens (tertiary/aromatic N) is 2. The van der Waals surface area contributed by atoms with Gasteiger partial charge >= 0.3 is 0 Å². The molecule has 0 heterocycles. The summed E-state index contributed by atoms with van der Waals surface area (Å²) < 4.78 is 0. The normalized spacial score (nSPS) is 11.1. The molecule has 0 bridgehead atoms. The molecule has 1 N–H and O–H groups in total. The van der Waals surface area contributed by atoms with E-state index in [4.69, 9.17) is 0 Å². The molecule has 0 aliphatic carbocycles. The average Bonchev–Trinajstić information content (AvgIpc) is 2.59. The Labute approximate surface area is 149 Å². The lowest BCUT2D eigenvalue weighted by Crippen LogP contribution is -2.27. The molecule has 0 fully saturated rings. The molecule has 1 amide bonds. The number of hydrogen-bond acceptors (Lipinski definition) is 3. The Morgan fingerprint density at radius 2 is 1.92 bits per heavy atom. The van der Waals surface area contributed by atoms with Gasteiger partial charge in [-0.15, -0.1) is 0 Å². The van der Waals surface area contributed by atoms with Crippen molar-refractivity contribution in [3.63, 3.8) is 0 Å². The van der Waals surface area contributed by atoms with E-state index in [1.54, 1.807) is 6.20 Å². The van der Waals surface area contributed by atoms with Crippen LogP contribution < -0.4 is 5.32 Å². The number of nitriles is 1. The van der Waals surface area contributed by atoms with Crippen LogP contribution in [0.4, 0.5) is 5.69 Å². The molecule has 0 aliphatic rings. The molecule has 4 heteroatoms. The molecule has 128 valence electrons. The first-order valence-electron chi connectivity index (χ1n) is 8.29. The van der Waals surface area contributed by atoms with Gasteiger partial charge in [0.15, 0.2) is 0 Å². The predicted octanol–water partition coefficient (Wildman–Crippen LogP) is 4.25. The molecule has 0 spiro atoms. The van der Waals surface area contributed by atoms with Crippen LogP contribution >= 0.6 is 0 Å². The van der Waals surface area contributed by atoms with E-state index in [1.165, 1.54) is 0 Å². The van der Waals surface area contributed by atoms with Crippen molar-refractivity contribution in [1.82, 2.24) is 4.90 Å². The van der Waals surface area contributed by atoms with Crippen LogP contribution in [0.15, 0.2) is 66.4 Å². The minimum Gasteiger partial charge on any atom is -0.369 e. The number of hydrogen-bond donors (Lipinski definition) is 1. The standard InChI is InChI=1S/C21H23N3O/c1-16(2)24(14-18-9-5-4-6-10-18)15-19(13-22)21(25)23-20-11-7-8-17(3)12-20/h4-12,15-16H,14H2,1-3H3,(H,23,25)/b19-15-. The second-order valence-electron chi connectivity index (χ2n) is 6.23. The highest BCUT2D eigenvalue weighted by molar-refractivity contribution is 6.06. The summed E-state index contributed by atoms with van der Waals surface area (Å²) in [5.74, 6) is -0.396. The van der Waals surface area contributed by atoms with E-state index in [0.29, 0.717) is 12.2 Å². The molecule has 0 aromatic heterocycles. The average molecular weight is 333 g/mol. The Hall–Kier alpha value is -3.06. The molecule has 0 saturated heterocycles. The van der Waals surface area contributed by atoms with Crippen molar-refractivity contribution in [3.05, 3.63) is 77.5 Å². The lowest BCUT2D eigenvalue weighted by Gasteiger charge is -2.25. The van der Waals surface area contributed by atoms with Gasteiger partial charge in [-0.25, -0.2) is 0 Å². The van der Waals surface area contributed by atoms with Crippen molar-refractivity contribution >= 4 is 11.6 Å². The third-order valence-electron chi connectivity index (χ3n) is 3.81. The summed E-state index contributed by atoms with van der Waals surface area (Å²) in [4.78, 5) is 14.4. The zero-order chi connectivity index (χ0) is 18.2. The second-order valence-corrected chi connectivity index (χ2v) is 6.23. The summed E-state index contributed by atoms with van der Waals surface area (Å²) in [5, 5.41) is 12.2. The van der Waals surface area contributed by atoms with Crippen molar-refractivity contribution in [2.45, 2.75) is 33.4 Å². The van der Waals surface area contributed by atoms with Crippen molar-refractivity contribution in [2.24, 2.45) is 0 Å². The van der Waals surface area contributed by atoms with Gasteiger partial charge in [0.25, 0.3) is 5.91 Å². The van der Waals surface area contributed by atoms with Gasteiger partial charge < -0.3 is 10.2 Å². The quantitative estimate of drug-likeness (QED) is 0.635. The zero-order valence-corrected chi connectivity index (χ0v) is 14.9. The Morgan fingerprint density at radius 3 is 2.52 bits per heavy atom. The summed E-state index contributed by atoms with van der Waals surface area (Å²) in [6.45, 7) is 6.66. The molecule has 0 aliphatic heterocycles. The number of amides is 1. The highest BCUT2D eigenvalue weighted by atomic mass is 16.1. The third kappa shape index (κ3) is 5.50. The summed E-state index contributed by atoms with van der Waals surface area (Å²) in [6, 6.07) is 19.7. The summed E-state index contributed by atoms with van der Waals surface area (Å²) in [5.41, 5.74) is 2.95. The number of carbonyl (C=O) groups excluding carboxylic acids is 1. The lowest BCUT2D eigenvalue weighted by atomic mass is 10.1. The fourth-order valence-corrected chi connectivity index (χ4v) is 2.40. The minimum atomic E-state index is -0.396. The van der Waals surface area contributed by atoms with E-state index in [-0.39, 0.29) is 11.6 Å². The number of rotatable bonds is 6. The first-order chi connectivity index (χ1) is 12.0. The van der Waals surface area contributed by atoms with E-state index in [2.05, 4.69) is 5.32 Å². The van der Waals surface area contributed by atoms with Gasteiger partial charge in [-0.1, -0.05) is 42.5 Å². The maximum atomic E-state index is 12.4. The van der Waals surface area contributed by atoms with Crippen LogP contribution in [0.3, 0.4) is 0 Å². The van der Waals surface area contributed by atoms with E-state index in [1.807, 2.05) is 86.3 Å². The van der Waals surface area contributed by atoms with Crippen molar-refractivity contribution in [3.8, 4) is 6.07 Å². The van der Waals surface area contributed by atoms with Crippen LogP contribution in [-0.2, 0) is 11.3 Å². The second kappa shape index (κ2) is 8.70. The first kappa shape index (κ1) is 18.3. The van der Waals surface area contributed by atoms with Crippen LogP contribution in [0.2, 0.25) is 0 Å². The van der Waals surface area contributed by atoms with E-state index in [9.17, 15) is 10.1 Å². The van der Waals surface area contributed by atoms with E-state index >= 15 is 0 Å². The highest BCUT2D eigenvalue weighted by Gasteiger charge is 2.14. The fraction of sp³-hybridized carbons (Fsp3) is 0.238. The molecule has 2 rings (SSSR count). The highest BCUT2D eigenvalue weighted by Crippen LogP contribution is 2.14. The van der Waals surface area contributed by atoms with Gasteiger partial charge in [0.05, 0.1) is 0 Å². The van der Waals surface area contributed by atoms with Gasteiger partial charge in [0.2, 0.25) is 0 Å². The van der Waals surface area contributed by atoms with E-state index in [0.717, 1.165) is 11.1 Å². The molecule has 25 heavy (non-hydrogen) atoms. The number of aryl methyl sites for hydroxylation is 1. The van der Waals surface area contributed by atoms with Crippen LogP contribution in [0, 0.1) is 18.3 Å². The Bertz CT molecular complexity index is 788. The van der Waals surface area contributed by atoms with Crippen molar-refractivity contribution in [2.75, 3.05) is 5.32 Å². The largest absolute Gasteiger partial charge is 0.369 e. The van der Waals surface area contributed by atoms with Gasteiger partial charge in [0, 0.05) is 24.5 Å². The molecule has 0 saturated carbocycles. The number of nitrogens with one attached hydrogen (secondary N) is 1. The topological polar surface area (TPSA) is 56.1 Å². The maximum Gasteiger partial charge on any atom is 0.267 e.